The van der Waals surface area contributed by atoms with Crippen LogP contribution in [0.25, 0.3) is 0 Å². The van der Waals surface area contributed by atoms with Crippen LogP contribution in [0.3, 0.4) is 0 Å². The normalized spacial score (nSPS) is 18.1. The summed E-state index contributed by atoms with van der Waals surface area (Å²) in [7, 11) is 3.96. The van der Waals surface area contributed by atoms with Crippen LogP contribution in [0.5, 0.6) is 5.75 Å². The minimum absolute atomic E-state index is 0.232. The van der Waals surface area contributed by atoms with Crippen LogP contribution in [0.4, 0.5) is 5.69 Å². The van der Waals surface area contributed by atoms with Crippen molar-refractivity contribution in [3.8, 4) is 5.75 Å². The second-order valence-corrected chi connectivity index (χ2v) is 7.87. The maximum Gasteiger partial charge on any atom is 0.336 e. The van der Waals surface area contributed by atoms with Crippen LogP contribution < -0.4 is 10.2 Å². The molecule has 1 atom stereocenters. The van der Waals surface area contributed by atoms with E-state index in [-0.39, 0.29) is 5.97 Å². The van der Waals surface area contributed by atoms with Gasteiger partial charge in [0.05, 0.1) is 19.2 Å². The lowest BCUT2D eigenvalue weighted by Gasteiger charge is -2.30. The van der Waals surface area contributed by atoms with Gasteiger partial charge in [-0.25, -0.2) is 10.3 Å². The molecule has 2 aliphatic rings. The minimum atomic E-state index is -0.232. The molecule has 4 rings (SSSR count). The van der Waals surface area contributed by atoms with Gasteiger partial charge < -0.3 is 14.5 Å². The zero-order valence-corrected chi connectivity index (χ0v) is 16.7. The molecule has 28 heavy (non-hydrogen) atoms. The Labute approximate surface area is 166 Å². The zero-order valence-electron chi connectivity index (χ0n) is 16.7. The molecule has 0 bridgehead atoms. The first kappa shape index (κ1) is 18.8. The molecule has 0 fully saturated rings. The van der Waals surface area contributed by atoms with Crippen LogP contribution >= 0.6 is 0 Å². The predicted octanol–water partition coefficient (Wildman–Crippen LogP) is 3.72. The summed E-state index contributed by atoms with van der Waals surface area (Å²) in [5.41, 5.74) is 8.77. The number of rotatable bonds is 6. The molecule has 5 heteroatoms. The molecule has 1 unspecified atom stereocenters. The highest BCUT2D eigenvalue weighted by molar-refractivity contribution is 5.79. The Hall–Kier alpha value is -2.53. The summed E-state index contributed by atoms with van der Waals surface area (Å²) >= 11 is 0. The second-order valence-electron chi connectivity index (χ2n) is 7.87. The number of benzene rings is 2. The maximum atomic E-state index is 11.3. The van der Waals surface area contributed by atoms with E-state index in [4.69, 9.17) is 9.57 Å². The molecule has 0 saturated heterocycles. The van der Waals surface area contributed by atoms with Gasteiger partial charge in [0.2, 0.25) is 0 Å². The molecule has 2 aromatic rings. The Bertz CT molecular complexity index is 865. The molecule has 0 saturated carbocycles. The van der Waals surface area contributed by atoms with Gasteiger partial charge in [-0.05, 0) is 73.0 Å². The third-order valence-corrected chi connectivity index (χ3v) is 5.91. The molecule has 5 nitrogen and oxygen atoms in total. The third kappa shape index (κ3) is 3.99. The van der Waals surface area contributed by atoms with Crippen LogP contribution in [0.2, 0.25) is 0 Å². The van der Waals surface area contributed by atoms with Crippen molar-refractivity contribution in [1.82, 2.24) is 4.90 Å². The summed E-state index contributed by atoms with van der Waals surface area (Å²) in [6.07, 6.45) is 4.89. The number of hydrogen-bond acceptors (Lipinski definition) is 5. The minimum Gasteiger partial charge on any atom is -0.496 e. The molecule has 0 aromatic heterocycles. The Kier molecular flexibility index (Phi) is 5.53. The Morgan fingerprint density at radius 2 is 2.18 bits per heavy atom. The number of ether oxygens (including phenoxy) is 1. The Balaban J connectivity index is 1.37. The van der Waals surface area contributed by atoms with Crippen molar-refractivity contribution < 1.29 is 14.4 Å². The Morgan fingerprint density at radius 3 is 3.04 bits per heavy atom. The largest absolute Gasteiger partial charge is 0.496 e. The van der Waals surface area contributed by atoms with Crippen LogP contribution in [-0.2, 0) is 28.9 Å². The van der Waals surface area contributed by atoms with Crippen molar-refractivity contribution >= 4 is 11.7 Å². The van der Waals surface area contributed by atoms with Crippen molar-refractivity contribution in [3.05, 3.63) is 58.7 Å². The number of likely N-dealkylation sites (N-methyl/N-ethyl adjacent to an activating group) is 1. The van der Waals surface area contributed by atoms with Gasteiger partial charge >= 0.3 is 5.97 Å². The van der Waals surface area contributed by atoms with Gasteiger partial charge in [0.25, 0.3) is 0 Å². The number of hydrogen-bond donors (Lipinski definition) is 1. The van der Waals surface area contributed by atoms with Crippen molar-refractivity contribution in [1.29, 1.82) is 0 Å². The zero-order chi connectivity index (χ0) is 19.5. The molecule has 0 amide bonds. The summed E-state index contributed by atoms with van der Waals surface area (Å²) in [5, 5.41) is 0. The van der Waals surface area contributed by atoms with Crippen molar-refractivity contribution in [3.63, 3.8) is 0 Å². The van der Waals surface area contributed by atoms with Gasteiger partial charge in [-0.15, -0.1) is 0 Å². The summed E-state index contributed by atoms with van der Waals surface area (Å²) in [6.45, 7) is 2.05. The van der Waals surface area contributed by atoms with Gasteiger partial charge in [-0.1, -0.05) is 24.3 Å². The molecule has 1 aliphatic heterocycles. The average molecular weight is 380 g/mol. The lowest BCUT2D eigenvalue weighted by molar-refractivity contribution is -0.140. The molecular weight excluding hydrogens is 352 g/mol. The van der Waals surface area contributed by atoms with E-state index >= 15 is 0 Å². The lowest BCUT2D eigenvalue weighted by atomic mass is 9.82. The molecule has 0 radical (unpaired) electrons. The standard InChI is InChI=1S/C23H28N2O3/c1-25(12-11-16-9-10-17-14-23(26)28-24-21(17)13-16)15-18-5-3-7-20-19(18)6-4-8-22(20)27-2/h4,6,8-10,13,18,24H,3,5,7,11-12,14-15H2,1-2H3. The van der Waals surface area contributed by atoms with Crippen LogP contribution in [-0.4, -0.2) is 38.1 Å². The van der Waals surface area contributed by atoms with Crippen LogP contribution in [0.15, 0.2) is 36.4 Å². The van der Waals surface area contributed by atoms with E-state index < -0.39 is 0 Å². The number of methoxy groups -OCH3 is 1. The lowest BCUT2D eigenvalue weighted by Crippen LogP contribution is -2.28. The molecule has 2 aromatic carbocycles. The van der Waals surface area contributed by atoms with Gasteiger partial charge in [-0.2, -0.15) is 0 Å². The van der Waals surface area contributed by atoms with Crippen molar-refractivity contribution in [2.24, 2.45) is 0 Å². The van der Waals surface area contributed by atoms with E-state index in [0.717, 1.165) is 42.9 Å². The highest BCUT2D eigenvalue weighted by Gasteiger charge is 2.24. The fourth-order valence-electron chi connectivity index (χ4n) is 4.41. The quantitative estimate of drug-likeness (QED) is 0.828. The van der Waals surface area contributed by atoms with Gasteiger partial charge in [-0.3, -0.25) is 0 Å². The predicted molar refractivity (Wildman–Crippen MR) is 110 cm³/mol. The number of carbonyl (C=O) groups excluding carboxylic acids is 1. The molecule has 148 valence electrons. The highest BCUT2D eigenvalue weighted by atomic mass is 16.7. The average Bonchev–Trinajstić information content (AvgIpc) is 2.72. The number of nitrogens with zero attached hydrogens (tertiary/aromatic N) is 1. The number of anilines is 1. The third-order valence-electron chi connectivity index (χ3n) is 5.91. The maximum absolute atomic E-state index is 11.3. The van der Waals surface area contributed by atoms with Gasteiger partial charge in [0.1, 0.15) is 5.75 Å². The Morgan fingerprint density at radius 1 is 1.29 bits per heavy atom. The SMILES string of the molecule is COc1cccc2c1CCCC2CN(C)CCc1ccc2c(c1)NOC(=O)C2. The van der Waals surface area contributed by atoms with Crippen molar-refractivity contribution in [2.75, 3.05) is 32.7 Å². The molecule has 1 N–H and O–H groups in total. The number of nitrogens with one attached hydrogen (secondary N) is 1. The first-order valence-electron chi connectivity index (χ1n) is 10.1. The van der Waals surface area contributed by atoms with E-state index in [0.29, 0.717) is 12.3 Å². The molecule has 1 aliphatic carbocycles. The molecule has 0 spiro atoms. The van der Waals surface area contributed by atoms with E-state index in [1.165, 1.54) is 29.5 Å². The first-order valence-corrected chi connectivity index (χ1v) is 10.1. The van der Waals surface area contributed by atoms with Gasteiger partial charge in [0, 0.05) is 13.1 Å². The molecular formula is C23H28N2O3. The van der Waals surface area contributed by atoms with Gasteiger partial charge in [0.15, 0.2) is 0 Å². The van der Waals surface area contributed by atoms with Crippen LogP contribution in [0.1, 0.15) is 41.0 Å². The number of fused-ring (bicyclic) bond motifs is 2. The van der Waals surface area contributed by atoms with Crippen LogP contribution in [0, 0.1) is 0 Å². The fourth-order valence-corrected chi connectivity index (χ4v) is 4.41. The smallest absolute Gasteiger partial charge is 0.336 e. The molecule has 1 heterocycles. The topological polar surface area (TPSA) is 50.8 Å². The second kappa shape index (κ2) is 8.23. The summed E-state index contributed by atoms with van der Waals surface area (Å²) < 4.78 is 5.57. The van der Waals surface area contributed by atoms with E-state index in [2.05, 4.69) is 47.8 Å². The summed E-state index contributed by atoms with van der Waals surface area (Å²) in [6, 6.07) is 12.7. The summed E-state index contributed by atoms with van der Waals surface area (Å²) in [4.78, 5) is 18.7. The number of carbonyl (C=O) groups is 1. The monoisotopic (exact) mass is 380 g/mol. The fraction of sp³-hybridized carbons (Fsp3) is 0.435. The first-order chi connectivity index (χ1) is 13.6. The summed E-state index contributed by atoms with van der Waals surface area (Å²) in [5.74, 6) is 1.37. The van der Waals surface area contributed by atoms with E-state index in [1.807, 2.05) is 6.07 Å². The van der Waals surface area contributed by atoms with E-state index in [1.54, 1.807) is 7.11 Å². The highest BCUT2D eigenvalue weighted by Crippen LogP contribution is 2.36. The van der Waals surface area contributed by atoms with Crippen molar-refractivity contribution in [2.45, 2.75) is 38.0 Å². The van der Waals surface area contributed by atoms with E-state index in [9.17, 15) is 4.79 Å².